The Hall–Kier alpha value is -7.42. The normalized spacial score (nSPS) is 11.6. The molecule has 0 atom stereocenters. The lowest BCUT2D eigenvalue weighted by molar-refractivity contribution is 1.19. The molecular formula is C54H36N2. The Kier molecular flexibility index (Phi) is 7.53. The van der Waals surface area contributed by atoms with Crippen LogP contribution in [0.1, 0.15) is 0 Å². The first-order valence-corrected chi connectivity index (χ1v) is 19.3. The predicted octanol–water partition coefficient (Wildman–Crippen LogP) is 15.0. The summed E-state index contributed by atoms with van der Waals surface area (Å²) in [5.74, 6) is 0. The number of nitrogens with zero attached hydrogens (tertiary/aromatic N) is 2. The average Bonchev–Trinajstić information content (AvgIpc) is 3.63. The molecule has 0 unspecified atom stereocenters. The minimum atomic E-state index is 1.11. The smallest absolute Gasteiger partial charge is 0.0626 e. The summed E-state index contributed by atoms with van der Waals surface area (Å²) in [5, 5.41) is 10.2. The van der Waals surface area contributed by atoms with Gasteiger partial charge in [0.1, 0.15) is 0 Å². The van der Waals surface area contributed by atoms with E-state index in [2.05, 4.69) is 228 Å². The standard InChI is InChI=1S/C54H36N2/c1-4-16-37(17-5-1)38-28-32-42(33-29-38)55(40-18-6-2-7-19-40)43-34-30-39(31-35-43)49-36-50-45-23-11-13-25-47(45)54-53(52(50)46-24-12-10-22-44(46)49)48-26-14-15-27-51(48)56(54)41-20-8-3-9-21-41/h1-36H. The number of para-hydroxylation sites is 3. The number of fused-ring (bicyclic) bond motifs is 10. The van der Waals surface area contributed by atoms with Crippen molar-refractivity contribution in [3.05, 3.63) is 218 Å². The van der Waals surface area contributed by atoms with Crippen LogP contribution >= 0.6 is 0 Å². The Morgan fingerprint density at radius 2 is 0.786 bits per heavy atom. The molecule has 0 fully saturated rings. The summed E-state index contributed by atoms with van der Waals surface area (Å²) in [5.41, 5.74) is 11.8. The minimum Gasteiger partial charge on any atom is -0.311 e. The van der Waals surface area contributed by atoms with E-state index >= 15 is 0 Å². The number of hydrogen-bond acceptors (Lipinski definition) is 1. The van der Waals surface area contributed by atoms with Crippen LogP contribution < -0.4 is 4.90 Å². The third-order valence-electron chi connectivity index (χ3n) is 11.3. The van der Waals surface area contributed by atoms with Crippen LogP contribution in [-0.4, -0.2) is 4.57 Å². The highest BCUT2D eigenvalue weighted by Crippen LogP contribution is 2.47. The second-order valence-electron chi connectivity index (χ2n) is 14.5. The van der Waals surface area contributed by atoms with Gasteiger partial charge in [-0.1, -0.05) is 158 Å². The van der Waals surface area contributed by atoms with E-state index in [1.807, 2.05) is 0 Å². The van der Waals surface area contributed by atoms with Gasteiger partial charge in [0.05, 0.1) is 11.0 Å². The van der Waals surface area contributed by atoms with Gasteiger partial charge in [0.25, 0.3) is 0 Å². The third-order valence-corrected chi connectivity index (χ3v) is 11.3. The van der Waals surface area contributed by atoms with Crippen LogP contribution in [0.4, 0.5) is 17.1 Å². The van der Waals surface area contributed by atoms with Crippen molar-refractivity contribution in [1.82, 2.24) is 4.57 Å². The topological polar surface area (TPSA) is 8.17 Å². The molecule has 0 aliphatic rings. The zero-order valence-electron chi connectivity index (χ0n) is 30.7. The molecule has 11 aromatic rings. The lowest BCUT2D eigenvalue weighted by Gasteiger charge is -2.26. The second kappa shape index (κ2) is 13.2. The van der Waals surface area contributed by atoms with Crippen molar-refractivity contribution in [2.45, 2.75) is 0 Å². The maximum absolute atomic E-state index is 2.46. The van der Waals surface area contributed by atoms with Crippen molar-refractivity contribution in [1.29, 1.82) is 0 Å². The van der Waals surface area contributed by atoms with E-state index in [0.29, 0.717) is 0 Å². The highest BCUT2D eigenvalue weighted by Gasteiger charge is 2.22. The Bertz CT molecular complexity index is 3200. The molecule has 10 aromatic carbocycles. The van der Waals surface area contributed by atoms with Crippen molar-refractivity contribution >= 4 is 71.2 Å². The Labute approximate surface area is 325 Å². The molecule has 0 bridgehead atoms. The van der Waals surface area contributed by atoms with Crippen LogP contribution in [0.25, 0.3) is 82.1 Å². The van der Waals surface area contributed by atoms with Gasteiger partial charge in [-0.25, -0.2) is 0 Å². The van der Waals surface area contributed by atoms with Crippen LogP contribution in [0.5, 0.6) is 0 Å². The van der Waals surface area contributed by atoms with E-state index in [1.54, 1.807) is 0 Å². The summed E-state index contributed by atoms with van der Waals surface area (Å²) in [7, 11) is 0. The summed E-state index contributed by atoms with van der Waals surface area (Å²) in [6.07, 6.45) is 0. The lowest BCUT2D eigenvalue weighted by atomic mass is 9.88. The van der Waals surface area contributed by atoms with Crippen molar-refractivity contribution in [3.8, 4) is 27.9 Å². The van der Waals surface area contributed by atoms with Crippen molar-refractivity contribution in [2.24, 2.45) is 0 Å². The van der Waals surface area contributed by atoms with E-state index < -0.39 is 0 Å². The van der Waals surface area contributed by atoms with Crippen LogP contribution in [-0.2, 0) is 0 Å². The van der Waals surface area contributed by atoms with Crippen molar-refractivity contribution in [2.75, 3.05) is 4.90 Å². The van der Waals surface area contributed by atoms with Crippen LogP contribution in [0.2, 0.25) is 0 Å². The first-order valence-electron chi connectivity index (χ1n) is 19.3. The molecule has 1 heterocycles. The van der Waals surface area contributed by atoms with Gasteiger partial charge in [0.15, 0.2) is 0 Å². The molecule has 262 valence electrons. The summed E-state index contributed by atoms with van der Waals surface area (Å²) >= 11 is 0. The molecule has 0 amide bonds. The van der Waals surface area contributed by atoms with Gasteiger partial charge in [0.2, 0.25) is 0 Å². The molecule has 0 spiro atoms. The first kappa shape index (κ1) is 32.0. The van der Waals surface area contributed by atoms with Gasteiger partial charge < -0.3 is 9.47 Å². The van der Waals surface area contributed by atoms with E-state index in [0.717, 1.165) is 17.1 Å². The number of anilines is 3. The highest BCUT2D eigenvalue weighted by molar-refractivity contribution is 6.38. The van der Waals surface area contributed by atoms with Crippen LogP contribution in [0, 0.1) is 0 Å². The molecule has 11 rings (SSSR count). The van der Waals surface area contributed by atoms with Crippen LogP contribution in [0.15, 0.2) is 218 Å². The largest absolute Gasteiger partial charge is 0.311 e. The van der Waals surface area contributed by atoms with Gasteiger partial charge in [-0.15, -0.1) is 0 Å². The molecule has 0 saturated carbocycles. The Morgan fingerprint density at radius 3 is 1.46 bits per heavy atom. The van der Waals surface area contributed by atoms with Gasteiger partial charge in [0, 0.05) is 44.3 Å². The molecule has 0 N–H and O–H groups in total. The summed E-state index contributed by atoms with van der Waals surface area (Å²) in [6, 6.07) is 79.2. The number of rotatable bonds is 6. The van der Waals surface area contributed by atoms with E-state index in [4.69, 9.17) is 0 Å². The van der Waals surface area contributed by atoms with Crippen LogP contribution in [0.3, 0.4) is 0 Å². The highest BCUT2D eigenvalue weighted by atomic mass is 15.1. The van der Waals surface area contributed by atoms with Gasteiger partial charge >= 0.3 is 0 Å². The molecule has 0 aliphatic carbocycles. The monoisotopic (exact) mass is 712 g/mol. The minimum absolute atomic E-state index is 1.11. The molecule has 2 nitrogen and oxygen atoms in total. The zero-order valence-corrected chi connectivity index (χ0v) is 30.7. The molecule has 0 radical (unpaired) electrons. The maximum atomic E-state index is 2.46. The van der Waals surface area contributed by atoms with E-state index in [-0.39, 0.29) is 0 Å². The molecular weight excluding hydrogens is 677 g/mol. The zero-order chi connectivity index (χ0) is 37.0. The van der Waals surface area contributed by atoms with Gasteiger partial charge in [-0.3, -0.25) is 0 Å². The quantitative estimate of drug-likeness (QED) is 0.156. The van der Waals surface area contributed by atoms with Crippen molar-refractivity contribution < 1.29 is 0 Å². The molecule has 56 heavy (non-hydrogen) atoms. The number of benzene rings is 10. The molecule has 0 saturated heterocycles. The van der Waals surface area contributed by atoms with E-state index in [9.17, 15) is 0 Å². The number of aromatic nitrogens is 1. The average molecular weight is 713 g/mol. The van der Waals surface area contributed by atoms with Gasteiger partial charge in [-0.2, -0.15) is 0 Å². The Balaban J connectivity index is 1.12. The first-order chi connectivity index (χ1) is 27.8. The molecule has 1 aromatic heterocycles. The number of hydrogen-bond donors (Lipinski definition) is 0. The lowest BCUT2D eigenvalue weighted by Crippen LogP contribution is -2.09. The fourth-order valence-corrected chi connectivity index (χ4v) is 8.86. The summed E-state index contributed by atoms with van der Waals surface area (Å²) in [6.45, 7) is 0. The molecule has 2 heteroatoms. The maximum Gasteiger partial charge on any atom is 0.0626 e. The fraction of sp³-hybridized carbons (Fsp3) is 0. The third kappa shape index (κ3) is 5.11. The fourth-order valence-electron chi connectivity index (χ4n) is 8.86. The predicted molar refractivity (Wildman–Crippen MR) is 239 cm³/mol. The summed E-state index contributed by atoms with van der Waals surface area (Å²) < 4.78 is 2.46. The summed E-state index contributed by atoms with van der Waals surface area (Å²) in [4.78, 5) is 2.34. The van der Waals surface area contributed by atoms with Crippen molar-refractivity contribution in [3.63, 3.8) is 0 Å². The second-order valence-corrected chi connectivity index (χ2v) is 14.5. The molecule has 0 aliphatic heterocycles. The SMILES string of the molecule is c1ccc(-c2ccc(N(c3ccccc3)c3ccc(-c4cc5c6ccccc6c6c(c7ccccc7n6-c6ccccc6)c5c5ccccc45)cc3)cc2)cc1. The van der Waals surface area contributed by atoms with E-state index in [1.165, 1.54) is 82.1 Å². The Morgan fingerprint density at radius 1 is 0.304 bits per heavy atom. The van der Waals surface area contributed by atoms with Gasteiger partial charge in [-0.05, 0) is 104 Å².